The van der Waals surface area contributed by atoms with E-state index in [-0.39, 0.29) is 29.6 Å². The minimum absolute atomic E-state index is 0.126. The van der Waals surface area contributed by atoms with Crippen LogP contribution in [-0.4, -0.2) is 17.7 Å². The maximum atomic E-state index is 13.0. The summed E-state index contributed by atoms with van der Waals surface area (Å²) >= 11 is 0. The van der Waals surface area contributed by atoms with Crippen LogP contribution in [-0.2, 0) is 9.59 Å². The van der Waals surface area contributed by atoms with Crippen molar-refractivity contribution in [2.75, 3.05) is 10.2 Å². The number of hydrogen-bond donors (Lipinski definition) is 1. The molecular formula is C24H26N2O3. The lowest BCUT2D eigenvalue weighted by Crippen LogP contribution is -2.31. The molecule has 3 amide bonds. The first-order valence-electron chi connectivity index (χ1n) is 10.2. The summed E-state index contributed by atoms with van der Waals surface area (Å²) in [6.07, 6.45) is 2.50. The summed E-state index contributed by atoms with van der Waals surface area (Å²) in [7, 11) is 0. The molecule has 29 heavy (non-hydrogen) atoms. The lowest BCUT2D eigenvalue weighted by Gasteiger charge is -2.25. The van der Waals surface area contributed by atoms with E-state index < -0.39 is 0 Å². The Hall–Kier alpha value is -2.95. The van der Waals surface area contributed by atoms with E-state index in [1.54, 1.807) is 24.3 Å². The molecule has 3 atom stereocenters. The second-order valence-electron chi connectivity index (χ2n) is 8.40. The zero-order chi connectivity index (χ0) is 20.7. The fourth-order valence-electron chi connectivity index (χ4n) is 4.51. The van der Waals surface area contributed by atoms with E-state index >= 15 is 0 Å². The molecule has 2 aromatic rings. The highest BCUT2D eigenvalue weighted by molar-refractivity contribution is 6.22. The van der Waals surface area contributed by atoms with Gasteiger partial charge in [-0.2, -0.15) is 0 Å². The van der Waals surface area contributed by atoms with Crippen LogP contribution in [0.1, 0.15) is 47.7 Å². The Bertz CT molecular complexity index is 997. The number of fused-ring (bicyclic) bond motifs is 1. The largest absolute Gasteiger partial charge is 0.322 e. The van der Waals surface area contributed by atoms with E-state index in [9.17, 15) is 14.4 Å². The van der Waals surface area contributed by atoms with Gasteiger partial charge in [0.1, 0.15) is 0 Å². The van der Waals surface area contributed by atoms with E-state index in [0.717, 1.165) is 36.1 Å². The van der Waals surface area contributed by atoms with E-state index in [1.165, 1.54) is 4.90 Å². The standard InChI is InChI=1S/C24H26N2O3/c1-14-10-11-19-20(12-14)24(29)26(23(19)28)18-8-5-7-17(13-18)22(27)25-21-9-4-6-15(2)16(21)3/h4-9,13-14,19-20H,10-12H2,1-3H3,(H,25,27)/t14-,19+,20-/m1/s1. The molecule has 1 aliphatic heterocycles. The minimum atomic E-state index is -0.259. The lowest BCUT2D eigenvalue weighted by molar-refractivity contribution is -0.122. The number of carbonyl (C=O) groups excluding carboxylic acids is 3. The highest BCUT2D eigenvalue weighted by Crippen LogP contribution is 2.42. The average molecular weight is 390 g/mol. The summed E-state index contributed by atoms with van der Waals surface area (Å²) in [5.74, 6) is -0.490. The van der Waals surface area contributed by atoms with Gasteiger partial charge in [0.2, 0.25) is 11.8 Å². The second kappa shape index (κ2) is 7.47. The molecule has 1 aliphatic carbocycles. The number of anilines is 2. The normalized spacial score (nSPS) is 23.8. The monoisotopic (exact) mass is 390 g/mol. The smallest absolute Gasteiger partial charge is 0.255 e. The summed E-state index contributed by atoms with van der Waals surface area (Å²) in [6.45, 7) is 6.09. The maximum absolute atomic E-state index is 13.0. The molecule has 5 heteroatoms. The molecule has 5 nitrogen and oxygen atoms in total. The van der Waals surface area contributed by atoms with Crippen LogP contribution in [0.2, 0.25) is 0 Å². The average Bonchev–Trinajstić information content (AvgIpc) is 2.95. The van der Waals surface area contributed by atoms with Crippen molar-refractivity contribution in [1.29, 1.82) is 0 Å². The Morgan fingerprint density at radius 1 is 1.00 bits per heavy atom. The summed E-state index contributed by atoms with van der Waals surface area (Å²) in [4.78, 5) is 40.0. The minimum Gasteiger partial charge on any atom is -0.322 e. The lowest BCUT2D eigenvalue weighted by atomic mass is 9.76. The Labute approximate surface area is 171 Å². The molecule has 2 fully saturated rings. The fourth-order valence-corrected chi connectivity index (χ4v) is 4.51. The molecule has 0 spiro atoms. The molecule has 1 saturated carbocycles. The molecule has 0 bridgehead atoms. The van der Waals surface area contributed by atoms with Crippen molar-refractivity contribution in [3.05, 3.63) is 59.2 Å². The molecule has 150 valence electrons. The van der Waals surface area contributed by atoms with Gasteiger partial charge in [0.05, 0.1) is 17.5 Å². The number of imide groups is 1. The van der Waals surface area contributed by atoms with E-state index in [0.29, 0.717) is 17.2 Å². The number of carbonyl (C=O) groups is 3. The van der Waals surface area contributed by atoms with Crippen molar-refractivity contribution in [2.24, 2.45) is 17.8 Å². The van der Waals surface area contributed by atoms with Gasteiger partial charge >= 0.3 is 0 Å². The van der Waals surface area contributed by atoms with Crippen molar-refractivity contribution in [1.82, 2.24) is 0 Å². The van der Waals surface area contributed by atoms with Crippen LogP contribution in [0.4, 0.5) is 11.4 Å². The number of rotatable bonds is 3. The molecular weight excluding hydrogens is 364 g/mol. The Balaban J connectivity index is 1.59. The van der Waals surface area contributed by atoms with Gasteiger partial charge in [0.15, 0.2) is 0 Å². The third-order valence-electron chi connectivity index (χ3n) is 6.41. The maximum Gasteiger partial charge on any atom is 0.255 e. The molecule has 0 unspecified atom stereocenters. The third-order valence-corrected chi connectivity index (χ3v) is 6.41. The van der Waals surface area contributed by atoms with Gasteiger partial charge in [0.25, 0.3) is 5.91 Å². The Morgan fingerprint density at radius 2 is 1.72 bits per heavy atom. The van der Waals surface area contributed by atoms with E-state index in [4.69, 9.17) is 0 Å². The number of hydrogen-bond acceptors (Lipinski definition) is 3. The van der Waals surface area contributed by atoms with Crippen LogP contribution < -0.4 is 10.2 Å². The predicted octanol–water partition coefficient (Wildman–Crippen LogP) is 4.48. The fraction of sp³-hybridized carbons (Fsp3) is 0.375. The second-order valence-corrected chi connectivity index (χ2v) is 8.40. The van der Waals surface area contributed by atoms with Gasteiger partial charge in [-0.3, -0.25) is 19.3 Å². The molecule has 2 aliphatic rings. The van der Waals surface area contributed by atoms with Gasteiger partial charge in [-0.25, -0.2) is 0 Å². The first-order valence-corrected chi connectivity index (χ1v) is 10.2. The number of nitrogens with zero attached hydrogens (tertiary/aromatic N) is 1. The van der Waals surface area contributed by atoms with Crippen LogP contribution in [0.15, 0.2) is 42.5 Å². The molecule has 0 aromatic heterocycles. The summed E-state index contributed by atoms with van der Waals surface area (Å²) in [5, 5.41) is 2.94. The van der Waals surface area contributed by atoms with Gasteiger partial charge < -0.3 is 5.32 Å². The number of amides is 3. The first kappa shape index (κ1) is 19.4. The van der Waals surface area contributed by atoms with Gasteiger partial charge in [-0.1, -0.05) is 25.1 Å². The van der Waals surface area contributed by atoms with Crippen molar-refractivity contribution >= 4 is 29.1 Å². The molecule has 1 N–H and O–H groups in total. The van der Waals surface area contributed by atoms with Crippen LogP contribution in [0, 0.1) is 31.6 Å². The summed E-state index contributed by atoms with van der Waals surface area (Å²) < 4.78 is 0. The first-order chi connectivity index (χ1) is 13.9. The zero-order valence-electron chi connectivity index (χ0n) is 17.1. The molecule has 0 radical (unpaired) electrons. The number of nitrogens with one attached hydrogen (secondary N) is 1. The predicted molar refractivity (Wildman–Crippen MR) is 113 cm³/mol. The third kappa shape index (κ3) is 3.46. The van der Waals surface area contributed by atoms with Gasteiger partial charge in [-0.15, -0.1) is 0 Å². The van der Waals surface area contributed by atoms with Gasteiger partial charge in [0, 0.05) is 11.3 Å². The van der Waals surface area contributed by atoms with Crippen molar-refractivity contribution in [2.45, 2.75) is 40.0 Å². The van der Waals surface area contributed by atoms with E-state index in [1.807, 2.05) is 32.0 Å². The SMILES string of the molecule is Cc1cccc(NC(=O)c2cccc(N3C(=O)[C@H]4CC[C@@H](C)C[C@H]4C3=O)c2)c1C. The van der Waals surface area contributed by atoms with Crippen LogP contribution in [0.25, 0.3) is 0 Å². The molecule has 4 rings (SSSR count). The Morgan fingerprint density at radius 3 is 2.52 bits per heavy atom. The van der Waals surface area contributed by atoms with Crippen LogP contribution in [0.5, 0.6) is 0 Å². The van der Waals surface area contributed by atoms with Crippen molar-refractivity contribution in [3.8, 4) is 0 Å². The highest BCUT2D eigenvalue weighted by atomic mass is 16.2. The molecule has 1 saturated heterocycles. The quantitative estimate of drug-likeness (QED) is 0.786. The van der Waals surface area contributed by atoms with Crippen LogP contribution >= 0.6 is 0 Å². The van der Waals surface area contributed by atoms with Crippen molar-refractivity contribution < 1.29 is 14.4 Å². The van der Waals surface area contributed by atoms with E-state index in [2.05, 4.69) is 12.2 Å². The van der Waals surface area contributed by atoms with Gasteiger partial charge in [-0.05, 0) is 74.4 Å². The topological polar surface area (TPSA) is 66.5 Å². The molecule has 1 heterocycles. The summed E-state index contributed by atoms with van der Waals surface area (Å²) in [6, 6.07) is 12.5. The zero-order valence-corrected chi connectivity index (χ0v) is 17.1. The molecule has 2 aromatic carbocycles. The number of aryl methyl sites for hydroxylation is 1. The Kier molecular flexibility index (Phi) is 4.99. The highest BCUT2D eigenvalue weighted by Gasteiger charge is 2.50. The van der Waals surface area contributed by atoms with Crippen LogP contribution in [0.3, 0.4) is 0 Å². The number of benzene rings is 2. The summed E-state index contributed by atoms with van der Waals surface area (Å²) in [5.41, 5.74) is 3.78. The van der Waals surface area contributed by atoms with Crippen molar-refractivity contribution in [3.63, 3.8) is 0 Å².